The Hall–Kier alpha value is -0.570. The summed E-state index contributed by atoms with van der Waals surface area (Å²) in [5, 5.41) is 0. The van der Waals surface area contributed by atoms with Gasteiger partial charge in [-0.2, -0.15) is 0 Å². The van der Waals surface area contributed by atoms with E-state index in [2.05, 4.69) is 20.8 Å². The van der Waals surface area contributed by atoms with Gasteiger partial charge in [0.1, 0.15) is 6.61 Å². The molecule has 0 bridgehead atoms. The van der Waals surface area contributed by atoms with E-state index in [1.165, 1.54) is 32.6 Å². The van der Waals surface area contributed by atoms with E-state index < -0.39 is 0 Å². The zero-order valence-electron chi connectivity index (χ0n) is 12.3. The molecule has 1 aliphatic rings. The number of hydrogen-bond acceptors (Lipinski definition) is 3. The summed E-state index contributed by atoms with van der Waals surface area (Å²) >= 11 is 0. The van der Waals surface area contributed by atoms with E-state index in [-0.39, 0.29) is 5.97 Å². The predicted molar refractivity (Wildman–Crippen MR) is 72.4 cm³/mol. The van der Waals surface area contributed by atoms with Gasteiger partial charge in [0.15, 0.2) is 0 Å². The Morgan fingerprint density at radius 3 is 2.72 bits per heavy atom. The first kappa shape index (κ1) is 15.5. The van der Waals surface area contributed by atoms with E-state index in [9.17, 15) is 4.79 Å². The van der Waals surface area contributed by atoms with Gasteiger partial charge in [-0.25, -0.2) is 0 Å². The van der Waals surface area contributed by atoms with Crippen molar-refractivity contribution in [2.75, 3.05) is 19.8 Å². The van der Waals surface area contributed by atoms with Gasteiger partial charge in [0, 0.05) is 13.5 Å². The molecule has 0 heterocycles. The van der Waals surface area contributed by atoms with Gasteiger partial charge in [-0.3, -0.25) is 4.79 Å². The van der Waals surface area contributed by atoms with Crippen molar-refractivity contribution in [3.63, 3.8) is 0 Å². The summed E-state index contributed by atoms with van der Waals surface area (Å²) in [6.45, 7) is 10.1. The fourth-order valence-corrected chi connectivity index (χ4v) is 2.89. The molecule has 1 fully saturated rings. The van der Waals surface area contributed by atoms with Crippen molar-refractivity contribution in [3.8, 4) is 0 Å². The third kappa shape index (κ3) is 5.85. The molecule has 0 radical (unpaired) electrons. The predicted octanol–water partition coefficient (Wildman–Crippen LogP) is 3.42. The molecule has 1 aliphatic carbocycles. The average Bonchev–Trinajstić information content (AvgIpc) is 2.26. The molecule has 0 aromatic heterocycles. The summed E-state index contributed by atoms with van der Waals surface area (Å²) in [4.78, 5) is 10.6. The molecular weight excluding hydrogens is 228 g/mol. The second-order valence-electron chi connectivity index (χ2n) is 6.41. The van der Waals surface area contributed by atoms with Gasteiger partial charge in [0.05, 0.1) is 6.61 Å². The van der Waals surface area contributed by atoms with Gasteiger partial charge >= 0.3 is 5.97 Å². The van der Waals surface area contributed by atoms with Crippen LogP contribution in [0.4, 0.5) is 0 Å². The Bertz CT molecular complexity index is 260. The normalized spacial score (nSPS) is 24.6. The van der Waals surface area contributed by atoms with Gasteiger partial charge in [-0.15, -0.1) is 0 Å². The van der Waals surface area contributed by atoms with Crippen molar-refractivity contribution in [3.05, 3.63) is 0 Å². The molecule has 0 aromatic rings. The number of rotatable bonds is 6. The summed E-state index contributed by atoms with van der Waals surface area (Å²) in [6.07, 6.45) is 5.33. The maximum Gasteiger partial charge on any atom is 0.302 e. The van der Waals surface area contributed by atoms with Crippen LogP contribution in [0.15, 0.2) is 0 Å². The lowest BCUT2D eigenvalue weighted by molar-refractivity contribution is -0.142. The quantitative estimate of drug-likeness (QED) is 0.539. The second kappa shape index (κ2) is 7.13. The SMILES string of the molecule is CC(=O)OCCOCC(C)C1CCCC(C)(C)C1. The van der Waals surface area contributed by atoms with Crippen LogP contribution < -0.4 is 0 Å². The Morgan fingerprint density at radius 1 is 1.39 bits per heavy atom. The number of carbonyl (C=O) groups is 1. The van der Waals surface area contributed by atoms with E-state index in [0.717, 1.165) is 12.5 Å². The number of hydrogen-bond donors (Lipinski definition) is 0. The molecule has 2 unspecified atom stereocenters. The average molecular weight is 256 g/mol. The van der Waals surface area contributed by atoms with Crippen LogP contribution in [-0.2, 0) is 14.3 Å². The standard InChI is InChI=1S/C15H28O3/c1-12(11-17-8-9-18-13(2)16)14-6-5-7-15(3,4)10-14/h12,14H,5-11H2,1-4H3. The molecular formula is C15H28O3. The highest BCUT2D eigenvalue weighted by molar-refractivity contribution is 5.65. The summed E-state index contributed by atoms with van der Waals surface area (Å²) in [6, 6.07) is 0. The maximum absolute atomic E-state index is 10.6. The van der Waals surface area contributed by atoms with E-state index >= 15 is 0 Å². The van der Waals surface area contributed by atoms with E-state index in [1.54, 1.807) is 0 Å². The summed E-state index contributed by atoms with van der Waals surface area (Å²) < 4.78 is 10.4. The fourth-order valence-electron chi connectivity index (χ4n) is 2.89. The minimum Gasteiger partial charge on any atom is -0.463 e. The van der Waals surface area contributed by atoms with Crippen molar-refractivity contribution in [1.29, 1.82) is 0 Å². The monoisotopic (exact) mass is 256 g/mol. The Labute approximate surface area is 111 Å². The highest BCUT2D eigenvalue weighted by Gasteiger charge is 2.30. The lowest BCUT2D eigenvalue weighted by Gasteiger charge is -2.38. The van der Waals surface area contributed by atoms with E-state index in [0.29, 0.717) is 24.5 Å². The molecule has 0 saturated heterocycles. The fraction of sp³-hybridized carbons (Fsp3) is 0.933. The lowest BCUT2D eigenvalue weighted by Crippen LogP contribution is -2.28. The van der Waals surface area contributed by atoms with E-state index in [1.807, 2.05) is 0 Å². The Kier molecular flexibility index (Phi) is 6.13. The third-order valence-corrected chi connectivity index (χ3v) is 3.96. The van der Waals surface area contributed by atoms with Crippen molar-refractivity contribution in [2.24, 2.45) is 17.3 Å². The molecule has 3 nitrogen and oxygen atoms in total. The minimum absolute atomic E-state index is 0.235. The highest BCUT2D eigenvalue weighted by atomic mass is 16.6. The van der Waals surface area contributed by atoms with Crippen LogP contribution in [0.25, 0.3) is 0 Å². The van der Waals surface area contributed by atoms with Crippen molar-refractivity contribution < 1.29 is 14.3 Å². The summed E-state index contributed by atoms with van der Waals surface area (Å²) in [5.74, 6) is 1.14. The maximum atomic E-state index is 10.6. The molecule has 0 spiro atoms. The van der Waals surface area contributed by atoms with Crippen LogP contribution >= 0.6 is 0 Å². The third-order valence-electron chi connectivity index (χ3n) is 3.96. The molecule has 2 atom stereocenters. The largest absolute Gasteiger partial charge is 0.463 e. The Morgan fingerprint density at radius 2 is 2.11 bits per heavy atom. The molecule has 1 saturated carbocycles. The lowest BCUT2D eigenvalue weighted by atomic mass is 9.69. The van der Waals surface area contributed by atoms with Gasteiger partial charge < -0.3 is 9.47 Å². The summed E-state index contributed by atoms with van der Waals surface area (Å²) in [7, 11) is 0. The van der Waals surface area contributed by atoms with Crippen LogP contribution in [0.5, 0.6) is 0 Å². The molecule has 1 rings (SSSR count). The first-order valence-corrected chi connectivity index (χ1v) is 7.12. The van der Waals surface area contributed by atoms with E-state index in [4.69, 9.17) is 9.47 Å². The topological polar surface area (TPSA) is 35.5 Å². The van der Waals surface area contributed by atoms with Gasteiger partial charge in [0.25, 0.3) is 0 Å². The molecule has 0 aliphatic heterocycles. The molecule has 0 amide bonds. The van der Waals surface area contributed by atoms with Gasteiger partial charge in [0.2, 0.25) is 0 Å². The molecule has 0 aromatic carbocycles. The first-order chi connectivity index (χ1) is 8.41. The minimum atomic E-state index is -0.235. The molecule has 3 heteroatoms. The first-order valence-electron chi connectivity index (χ1n) is 7.12. The van der Waals surface area contributed by atoms with Crippen LogP contribution in [0, 0.1) is 17.3 Å². The van der Waals surface area contributed by atoms with Crippen LogP contribution in [0.3, 0.4) is 0 Å². The van der Waals surface area contributed by atoms with Crippen LogP contribution in [0.2, 0.25) is 0 Å². The van der Waals surface area contributed by atoms with Gasteiger partial charge in [-0.05, 0) is 30.1 Å². The second-order valence-corrected chi connectivity index (χ2v) is 6.41. The van der Waals surface area contributed by atoms with Crippen molar-refractivity contribution in [2.45, 2.75) is 53.4 Å². The Balaban J connectivity index is 2.16. The zero-order chi connectivity index (χ0) is 13.6. The highest BCUT2D eigenvalue weighted by Crippen LogP contribution is 2.41. The number of esters is 1. The van der Waals surface area contributed by atoms with Crippen LogP contribution in [0.1, 0.15) is 53.4 Å². The molecule has 0 N–H and O–H groups in total. The van der Waals surface area contributed by atoms with Crippen LogP contribution in [-0.4, -0.2) is 25.8 Å². The number of carbonyl (C=O) groups excluding carboxylic acids is 1. The number of ether oxygens (including phenoxy) is 2. The zero-order valence-corrected chi connectivity index (χ0v) is 12.3. The smallest absolute Gasteiger partial charge is 0.302 e. The van der Waals surface area contributed by atoms with Crippen molar-refractivity contribution in [1.82, 2.24) is 0 Å². The summed E-state index contributed by atoms with van der Waals surface area (Å²) in [5.41, 5.74) is 0.495. The molecule has 106 valence electrons. The molecule has 18 heavy (non-hydrogen) atoms. The van der Waals surface area contributed by atoms with Gasteiger partial charge in [-0.1, -0.05) is 33.6 Å². The van der Waals surface area contributed by atoms with Crippen molar-refractivity contribution >= 4 is 5.97 Å².